The Bertz CT molecular complexity index is 1650. The molecule has 5 aliphatic heterocycles. The zero-order chi connectivity index (χ0) is 50.7. The molecule has 394 valence electrons. The maximum atomic E-state index is 13.6. The Morgan fingerprint density at radius 2 is 1.07 bits per heavy atom. The molecule has 5 fully saturated rings. The average molecular weight is 999 g/mol. The summed E-state index contributed by atoms with van der Waals surface area (Å²) in [6.07, 6.45) is -48.3. The average Bonchev–Trinajstić information content (AvgIpc) is 3.30. The van der Waals surface area contributed by atoms with Crippen LogP contribution in [0.3, 0.4) is 0 Å². The second-order valence-corrected chi connectivity index (χ2v) is 16.8. The van der Waals surface area contributed by atoms with Crippen molar-refractivity contribution in [3.8, 4) is 0 Å². The molecule has 5 aliphatic rings. The number of carbonyl (C=O) groups is 3. The van der Waals surface area contributed by atoms with Crippen LogP contribution in [-0.4, -0.2) is 297 Å². The van der Waals surface area contributed by atoms with Gasteiger partial charge < -0.3 is 140 Å². The van der Waals surface area contributed by atoms with Crippen molar-refractivity contribution in [1.82, 2.24) is 10.6 Å². The highest BCUT2D eigenvalue weighted by molar-refractivity contribution is 5.77. The number of amides is 2. The fourth-order valence-electron chi connectivity index (χ4n) is 8.50. The van der Waals surface area contributed by atoms with Gasteiger partial charge in [0.05, 0.1) is 45.2 Å². The van der Waals surface area contributed by atoms with Gasteiger partial charge in [-0.25, -0.2) is 4.79 Å². The van der Waals surface area contributed by atoms with E-state index in [0.717, 1.165) is 13.8 Å². The van der Waals surface area contributed by atoms with Gasteiger partial charge >= 0.3 is 5.97 Å². The quantitative estimate of drug-likeness (QED) is 0.0606. The molecule has 0 aromatic heterocycles. The molecule has 2 amide bonds. The van der Waals surface area contributed by atoms with Crippen molar-refractivity contribution in [1.29, 1.82) is 0 Å². The zero-order valence-electron chi connectivity index (χ0n) is 36.2. The number of ether oxygens (including phenoxy) is 9. The Kier molecular flexibility index (Phi) is 19.7. The molecule has 0 aliphatic carbocycles. The van der Waals surface area contributed by atoms with Crippen molar-refractivity contribution in [3.05, 3.63) is 0 Å². The molecule has 5 rings (SSSR count). The van der Waals surface area contributed by atoms with Crippen LogP contribution in [0.5, 0.6) is 0 Å². The number of carboxylic acids is 1. The summed E-state index contributed by atoms with van der Waals surface area (Å²) >= 11 is 0. The normalized spacial score (nSPS) is 46.6. The number of aliphatic hydroxyl groups excluding tert-OH is 16. The van der Waals surface area contributed by atoms with Crippen molar-refractivity contribution >= 4 is 17.8 Å². The number of carboxylic acid groups (broad SMARTS) is 1. The number of aliphatic hydroxyl groups is 16. The monoisotopic (exact) mass is 998 g/mol. The van der Waals surface area contributed by atoms with E-state index in [1.54, 1.807) is 0 Å². The molecule has 19 N–H and O–H groups in total. The van der Waals surface area contributed by atoms with E-state index in [2.05, 4.69) is 10.6 Å². The van der Waals surface area contributed by atoms with E-state index >= 15 is 0 Å². The smallest absolute Gasteiger partial charge is 0.364 e. The topological polar surface area (TPSA) is 502 Å². The molecule has 0 aromatic carbocycles. The van der Waals surface area contributed by atoms with E-state index in [-0.39, 0.29) is 0 Å². The van der Waals surface area contributed by atoms with Crippen LogP contribution in [0.4, 0.5) is 0 Å². The third-order valence-electron chi connectivity index (χ3n) is 12.1. The number of aliphatic carboxylic acids is 1. The molecule has 31 nitrogen and oxygen atoms in total. The first-order valence-corrected chi connectivity index (χ1v) is 21.2. The first-order valence-electron chi connectivity index (χ1n) is 21.2. The standard InChI is InChI=1S/C37H62N2O29/c1-9(45)38-17-12(61-33-18(39-10(2)46)29(22(51)15(7-43)62-33)66-34-27(56)23(52)20(49)13(5-41)63-34)3-37(36(58)59,67-30(17)19(48)11(47)4-40)68-31-24(53)21(50)14(6-42)64-35(31)65-28-16(8-44)60-32(57)26(55)25(28)54/h11-35,40-44,47-57H,3-8H2,1-2H3,(H,38,45)(H,39,46)(H,58,59)/t11-,12+,13-,14-,15-,16-,17-,18-,19-,20+,21+,22+,23+,24+,25-,26-,27-,28-,29-,30-,31-,32-,33-,34+,35+,37+/m1/s1. The van der Waals surface area contributed by atoms with Crippen LogP contribution in [0.2, 0.25) is 0 Å². The van der Waals surface area contributed by atoms with Crippen LogP contribution in [0.1, 0.15) is 20.3 Å². The molecular formula is C37H62N2O29. The summed E-state index contributed by atoms with van der Waals surface area (Å²) in [5, 5.41) is 184. The van der Waals surface area contributed by atoms with Crippen LogP contribution >= 0.6 is 0 Å². The van der Waals surface area contributed by atoms with Gasteiger partial charge in [-0.2, -0.15) is 0 Å². The summed E-state index contributed by atoms with van der Waals surface area (Å²) in [5.41, 5.74) is 0. The summed E-state index contributed by atoms with van der Waals surface area (Å²) in [6, 6.07) is -3.72. The Hall–Kier alpha value is -2.59. The summed E-state index contributed by atoms with van der Waals surface area (Å²) in [4.78, 5) is 39.2. The lowest BCUT2D eigenvalue weighted by atomic mass is 9.87. The molecule has 0 saturated carbocycles. The second-order valence-electron chi connectivity index (χ2n) is 16.8. The Labute approximate surface area is 384 Å². The lowest BCUT2D eigenvalue weighted by Crippen LogP contribution is -2.72. The number of hydrogen-bond donors (Lipinski definition) is 19. The highest BCUT2D eigenvalue weighted by Gasteiger charge is 2.62. The van der Waals surface area contributed by atoms with Crippen LogP contribution in [0, 0.1) is 0 Å². The molecular weight excluding hydrogens is 936 g/mol. The molecule has 0 aromatic rings. The van der Waals surface area contributed by atoms with E-state index in [1.807, 2.05) is 0 Å². The van der Waals surface area contributed by atoms with Gasteiger partial charge in [-0.05, 0) is 0 Å². The minimum absolute atomic E-state index is 0.909. The maximum absolute atomic E-state index is 13.6. The Morgan fingerprint density at radius 3 is 1.62 bits per heavy atom. The van der Waals surface area contributed by atoms with Crippen LogP contribution < -0.4 is 10.6 Å². The van der Waals surface area contributed by atoms with Crippen LogP contribution in [0.15, 0.2) is 0 Å². The van der Waals surface area contributed by atoms with E-state index in [9.17, 15) is 101 Å². The first kappa shape index (κ1) is 56.3. The SMILES string of the molecule is CC(=O)N[C@H]1[C@H](O[C@H]2C[C@](O[C@H]3[C@H](O[C@H]4[C@H](O)[C@@H](O)[C@H](O)O[C@@H]4CO)O[C@H](CO)[C@H](O)[C@@H]3O)(C(=O)O)O[C@@H]([C@H](O)[C@H](O)CO)[C@@H]2NC(C)=O)O[C@H](CO)[C@H](O)[C@@H]1O[C@@H]1O[C@H](CO)[C@H](O)[C@H](O)[C@H]1O. The predicted octanol–water partition coefficient (Wildman–Crippen LogP) is -12.4. The summed E-state index contributed by atoms with van der Waals surface area (Å²) in [7, 11) is 0. The van der Waals surface area contributed by atoms with E-state index < -0.39 is 216 Å². The lowest BCUT2D eigenvalue weighted by molar-refractivity contribution is -0.399. The lowest BCUT2D eigenvalue weighted by Gasteiger charge is -2.52. The van der Waals surface area contributed by atoms with Gasteiger partial charge in [0.15, 0.2) is 25.2 Å². The van der Waals surface area contributed by atoms with Crippen molar-refractivity contribution in [2.45, 2.75) is 179 Å². The van der Waals surface area contributed by atoms with E-state index in [1.165, 1.54) is 0 Å². The highest BCUT2D eigenvalue weighted by atomic mass is 16.8. The summed E-state index contributed by atoms with van der Waals surface area (Å²) < 4.78 is 51.5. The second kappa shape index (κ2) is 23.8. The van der Waals surface area contributed by atoms with Gasteiger partial charge in [0, 0.05) is 20.3 Å². The summed E-state index contributed by atoms with van der Waals surface area (Å²) in [6.45, 7) is -3.39. The molecule has 0 spiro atoms. The fourth-order valence-corrected chi connectivity index (χ4v) is 8.50. The van der Waals surface area contributed by atoms with Crippen molar-refractivity contribution < 1.29 is 144 Å². The molecule has 26 atom stereocenters. The zero-order valence-corrected chi connectivity index (χ0v) is 36.2. The third-order valence-corrected chi connectivity index (χ3v) is 12.1. The number of hydrogen-bond acceptors (Lipinski definition) is 28. The molecule has 5 saturated heterocycles. The fraction of sp³-hybridized carbons (Fsp3) is 0.919. The molecule has 0 bridgehead atoms. The number of nitrogens with one attached hydrogen (secondary N) is 2. The predicted molar refractivity (Wildman–Crippen MR) is 207 cm³/mol. The Balaban J connectivity index is 1.60. The minimum Gasteiger partial charge on any atom is -0.477 e. The Morgan fingerprint density at radius 1 is 0.574 bits per heavy atom. The van der Waals surface area contributed by atoms with Gasteiger partial charge in [0.1, 0.15) is 116 Å². The third kappa shape index (κ3) is 11.8. The molecule has 68 heavy (non-hydrogen) atoms. The number of rotatable bonds is 18. The molecule has 0 radical (unpaired) electrons. The largest absolute Gasteiger partial charge is 0.477 e. The van der Waals surface area contributed by atoms with Gasteiger partial charge in [0.2, 0.25) is 11.8 Å². The van der Waals surface area contributed by atoms with Gasteiger partial charge in [-0.15, -0.1) is 0 Å². The molecule has 5 heterocycles. The minimum atomic E-state index is -3.39. The maximum Gasteiger partial charge on any atom is 0.364 e. The number of carbonyl (C=O) groups excluding carboxylic acids is 2. The van der Waals surface area contributed by atoms with E-state index in [4.69, 9.17) is 42.6 Å². The van der Waals surface area contributed by atoms with Crippen molar-refractivity contribution in [3.63, 3.8) is 0 Å². The highest BCUT2D eigenvalue weighted by Crippen LogP contribution is 2.41. The van der Waals surface area contributed by atoms with Gasteiger partial charge in [-0.3, -0.25) is 9.59 Å². The molecule has 31 heteroatoms. The van der Waals surface area contributed by atoms with Crippen LogP contribution in [-0.2, 0) is 57.0 Å². The van der Waals surface area contributed by atoms with Gasteiger partial charge in [0.25, 0.3) is 5.79 Å². The van der Waals surface area contributed by atoms with Crippen LogP contribution in [0.25, 0.3) is 0 Å². The molecule has 0 unspecified atom stereocenters. The van der Waals surface area contributed by atoms with Gasteiger partial charge in [-0.1, -0.05) is 0 Å². The first-order chi connectivity index (χ1) is 32.0. The van der Waals surface area contributed by atoms with E-state index in [0.29, 0.717) is 0 Å². The summed E-state index contributed by atoms with van der Waals surface area (Å²) in [5.74, 6) is -7.41. The van der Waals surface area contributed by atoms with Crippen molar-refractivity contribution in [2.24, 2.45) is 0 Å². The van der Waals surface area contributed by atoms with Crippen molar-refractivity contribution in [2.75, 3.05) is 33.0 Å².